The van der Waals surface area contributed by atoms with Crippen LogP contribution >= 0.6 is 0 Å². The molecule has 6 heteroatoms. The van der Waals surface area contributed by atoms with Gasteiger partial charge in [0.1, 0.15) is 13.2 Å². The molecule has 0 aromatic heterocycles. The summed E-state index contributed by atoms with van der Waals surface area (Å²) in [5.41, 5.74) is 0. The van der Waals surface area contributed by atoms with Crippen LogP contribution in [0.15, 0.2) is 12.2 Å². The third-order valence-electron chi connectivity index (χ3n) is 15.0. The van der Waals surface area contributed by atoms with Crippen LogP contribution in [0.4, 0.5) is 0 Å². The fraction of sp³-hybridized carbons (Fsp3) is 0.924. The van der Waals surface area contributed by atoms with Gasteiger partial charge in [-0.3, -0.25) is 14.4 Å². The van der Waals surface area contributed by atoms with E-state index in [1.165, 1.54) is 270 Å². The Bertz CT molecular complexity index is 1120. The second-order valence-corrected chi connectivity index (χ2v) is 22.4. The molecule has 0 aromatic rings. The molecule has 1 unspecified atom stereocenters. The Morgan fingerprint density at radius 1 is 0.264 bits per heavy atom. The Balaban J connectivity index is 3.99. The average Bonchev–Trinajstić information content (AvgIpc) is 3.38. The molecule has 0 heterocycles. The van der Waals surface area contributed by atoms with E-state index in [1.807, 2.05) is 0 Å². The fourth-order valence-corrected chi connectivity index (χ4v) is 10.1. The lowest BCUT2D eigenvalue weighted by Gasteiger charge is -2.18. The van der Waals surface area contributed by atoms with Gasteiger partial charge in [-0.1, -0.05) is 322 Å². The predicted octanol–water partition coefficient (Wildman–Crippen LogP) is 22.1. The molecule has 0 saturated heterocycles. The summed E-state index contributed by atoms with van der Waals surface area (Å²) < 4.78 is 16.9. The van der Waals surface area contributed by atoms with Crippen LogP contribution in [0.2, 0.25) is 0 Å². The van der Waals surface area contributed by atoms with E-state index in [0.29, 0.717) is 19.3 Å². The summed E-state index contributed by atoms with van der Waals surface area (Å²) >= 11 is 0. The Hall–Kier alpha value is -1.85. The zero-order valence-corrected chi connectivity index (χ0v) is 49.0. The SMILES string of the molecule is CCCCCCC/C=C\CCCCCCCC(=O)OC(COC(=O)CCCCCCCCCCC)COC(=O)CCCCCCCCCCCCCCCCCCCCCCCCCCCCCCCCC. The van der Waals surface area contributed by atoms with Gasteiger partial charge in [0.2, 0.25) is 0 Å². The Morgan fingerprint density at radius 2 is 0.458 bits per heavy atom. The van der Waals surface area contributed by atoms with Gasteiger partial charge in [0.15, 0.2) is 6.10 Å². The van der Waals surface area contributed by atoms with Gasteiger partial charge in [0.05, 0.1) is 0 Å². The van der Waals surface area contributed by atoms with Gasteiger partial charge in [-0.15, -0.1) is 0 Å². The summed E-state index contributed by atoms with van der Waals surface area (Å²) in [7, 11) is 0. The van der Waals surface area contributed by atoms with E-state index in [9.17, 15) is 14.4 Å². The first-order valence-corrected chi connectivity index (χ1v) is 32.7. The standard InChI is InChI=1S/C66H126O6/c1-4-7-10-13-16-19-21-23-25-26-27-28-29-30-31-32-33-34-35-36-37-38-39-40-41-43-44-47-50-53-56-59-65(68)71-62-63(61-70-64(67)58-55-52-49-46-18-15-12-9-6-3)72-66(69)60-57-54-51-48-45-42-24-22-20-17-14-11-8-5-2/h22,24,63H,4-21,23,25-62H2,1-3H3/b24-22-. The van der Waals surface area contributed by atoms with Crippen molar-refractivity contribution in [3.63, 3.8) is 0 Å². The van der Waals surface area contributed by atoms with Gasteiger partial charge in [0.25, 0.3) is 0 Å². The van der Waals surface area contributed by atoms with Crippen LogP contribution in [0, 0.1) is 0 Å². The van der Waals surface area contributed by atoms with Gasteiger partial charge in [-0.25, -0.2) is 0 Å². The second-order valence-electron chi connectivity index (χ2n) is 22.4. The van der Waals surface area contributed by atoms with Crippen molar-refractivity contribution in [3.05, 3.63) is 12.2 Å². The molecule has 0 rings (SSSR count). The van der Waals surface area contributed by atoms with Crippen molar-refractivity contribution in [1.29, 1.82) is 0 Å². The van der Waals surface area contributed by atoms with E-state index < -0.39 is 6.10 Å². The van der Waals surface area contributed by atoms with E-state index in [4.69, 9.17) is 14.2 Å². The van der Waals surface area contributed by atoms with E-state index in [1.54, 1.807) is 0 Å². The molecule has 426 valence electrons. The van der Waals surface area contributed by atoms with Crippen molar-refractivity contribution >= 4 is 17.9 Å². The number of unbranched alkanes of at least 4 members (excludes halogenated alkanes) is 48. The number of esters is 3. The largest absolute Gasteiger partial charge is 0.462 e. The molecule has 0 aromatic carbocycles. The minimum atomic E-state index is -0.768. The quantitative estimate of drug-likeness (QED) is 0.0261. The Kier molecular flexibility index (Phi) is 60.1. The van der Waals surface area contributed by atoms with Gasteiger partial charge >= 0.3 is 17.9 Å². The van der Waals surface area contributed by atoms with E-state index in [0.717, 1.165) is 64.2 Å². The molecule has 1 atom stereocenters. The maximum absolute atomic E-state index is 12.8. The molecule has 0 fully saturated rings. The van der Waals surface area contributed by atoms with Crippen LogP contribution in [0.5, 0.6) is 0 Å². The van der Waals surface area contributed by atoms with Crippen molar-refractivity contribution in [2.45, 2.75) is 380 Å². The fourth-order valence-electron chi connectivity index (χ4n) is 10.1. The van der Waals surface area contributed by atoms with E-state index in [-0.39, 0.29) is 31.1 Å². The van der Waals surface area contributed by atoms with Crippen LogP contribution in [0.3, 0.4) is 0 Å². The number of rotatable bonds is 61. The highest BCUT2D eigenvalue weighted by atomic mass is 16.6. The first-order chi connectivity index (χ1) is 35.5. The van der Waals surface area contributed by atoms with E-state index in [2.05, 4.69) is 32.9 Å². The van der Waals surface area contributed by atoms with Crippen molar-refractivity contribution in [2.24, 2.45) is 0 Å². The van der Waals surface area contributed by atoms with Gasteiger partial charge in [-0.2, -0.15) is 0 Å². The van der Waals surface area contributed by atoms with Crippen molar-refractivity contribution in [1.82, 2.24) is 0 Å². The minimum absolute atomic E-state index is 0.0677. The molecule has 6 nitrogen and oxygen atoms in total. The lowest BCUT2D eigenvalue weighted by atomic mass is 10.0. The molecule has 0 amide bonds. The van der Waals surface area contributed by atoms with Crippen molar-refractivity contribution in [3.8, 4) is 0 Å². The number of hydrogen-bond acceptors (Lipinski definition) is 6. The second kappa shape index (κ2) is 61.7. The third kappa shape index (κ3) is 59.0. The Morgan fingerprint density at radius 3 is 0.694 bits per heavy atom. The summed E-state index contributed by atoms with van der Waals surface area (Å²) in [5, 5.41) is 0. The summed E-state index contributed by atoms with van der Waals surface area (Å²) in [6, 6.07) is 0. The van der Waals surface area contributed by atoms with E-state index >= 15 is 0 Å². The number of ether oxygens (including phenoxy) is 3. The normalized spacial score (nSPS) is 12.0. The van der Waals surface area contributed by atoms with Gasteiger partial charge < -0.3 is 14.2 Å². The highest BCUT2D eigenvalue weighted by Gasteiger charge is 2.19. The number of allylic oxidation sites excluding steroid dienone is 2. The molecule has 0 aliphatic carbocycles. The van der Waals surface area contributed by atoms with Crippen LogP contribution < -0.4 is 0 Å². The highest BCUT2D eigenvalue weighted by molar-refractivity contribution is 5.71. The summed E-state index contributed by atoms with van der Waals surface area (Å²) in [5.74, 6) is -0.855. The number of carbonyl (C=O) groups is 3. The van der Waals surface area contributed by atoms with Crippen LogP contribution in [0.25, 0.3) is 0 Å². The molecule has 0 saturated carbocycles. The summed E-state index contributed by atoms with van der Waals surface area (Å²) in [4.78, 5) is 38.1. The molecule has 0 N–H and O–H groups in total. The zero-order chi connectivity index (χ0) is 52.2. The maximum atomic E-state index is 12.8. The van der Waals surface area contributed by atoms with Crippen LogP contribution in [-0.4, -0.2) is 37.2 Å². The lowest BCUT2D eigenvalue weighted by molar-refractivity contribution is -0.167. The third-order valence-corrected chi connectivity index (χ3v) is 15.0. The summed E-state index contributed by atoms with van der Waals surface area (Å²) in [6.07, 6.45) is 72.6. The van der Waals surface area contributed by atoms with Crippen molar-refractivity contribution in [2.75, 3.05) is 13.2 Å². The van der Waals surface area contributed by atoms with Gasteiger partial charge in [-0.05, 0) is 44.9 Å². The molecule has 0 aliphatic rings. The minimum Gasteiger partial charge on any atom is -0.462 e. The molecule has 0 spiro atoms. The van der Waals surface area contributed by atoms with Crippen molar-refractivity contribution < 1.29 is 28.6 Å². The molecular formula is C66H126O6. The molecule has 72 heavy (non-hydrogen) atoms. The molecular weight excluding hydrogens is 889 g/mol. The first kappa shape index (κ1) is 70.1. The number of carbonyl (C=O) groups excluding carboxylic acids is 3. The Labute approximate surface area is 450 Å². The number of hydrogen-bond donors (Lipinski definition) is 0. The molecule has 0 bridgehead atoms. The average molecular weight is 1020 g/mol. The maximum Gasteiger partial charge on any atom is 0.306 e. The lowest BCUT2D eigenvalue weighted by Crippen LogP contribution is -2.30. The molecule has 0 aliphatic heterocycles. The van der Waals surface area contributed by atoms with Crippen LogP contribution in [0.1, 0.15) is 374 Å². The smallest absolute Gasteiger partial charge is 0.306 e. The predicted molar refractivity (Wildman–Crippen MR) is 312 cm³/mol. The highest BCUT2D eigenvalue weighted by Crippen LogP contribution is 2.18. The molecule has 0 radical (unpaired) electrons. The van der Waals surface area contributed by atoms with Crippen LogP contribution in [-0.2, 0) is 28.6 Å². The zero-order valence-electron chi connectivity index (χ0n) is 49.0. The van der Waals surface area contributed by atoms with Gasteiger partial charge in [0, 0.05) is 19.3 Å². The summed E-state index contributed by atoms with van der Waals surface area (Å²) in [6.45, 7) is 6.67. The first-order valence-electron chi connectivity index (χ1n) is 32.7. The topological polar surface area (TPSA) is 78.9 Å². The monoisotopic (exact) mass is 1010 g/mol.